The molecule has 0 amide bonds. The van der Waals surface area contributed by atoms with Gasteiger partial charge in [0.15, 0.2) is 5.82 Å². The van der Waals surface area contributed by atoms with E-state index in [-0.39, 0.29) is 18.8 Å². The van der Waals surface area contributed by atoms with Gasteiger partial charge >= 0.3 is 0 Å². The maximum Gasteiger partial charge on any atom is 0.179 e. The highest BCUT2D eigenvalue weighted by molar-refractivity contribution is 5.01. The summed E-state index contributed by atoms with van der Waals surface area (Å²) >= 11 is 0. The Kier molecular flexibility index (Phi) is 2.65. The van der Waals surface area contributed by atoms with Crippen LogP contribution in [0.1, 0.15) is 49.5 Å². The minimum absolute atomic E-state index is 0.0810. The van der Waals surface area contributed by atoms with E-state index >= 15 is 0 Å². The third-order valence-corrected chi connectivity index (χ3v) is 3.43. The molecule has 2 aliphatic rings. The Hall–Kier alpha value is -0.940. The SMILES string of the molecule is OCC1CCCc2nc(C3CCCO3)nn21. The summed E-state index contributed by atoms with van der Waals surface area (Å²) < 4.78 is 7.49. The number of aliphatic hydroxyl groups is 1. The molecule has 1 N–H and O–H groups in total. The second-order valence-electron chi connectivity index (χ2n) is 4.56. The second-order valence-corrected chi connectivity index (χ2v) is 4.56. The van der Waals surface area contributed by atoms with E-state index in [0.29, 0.717) is 0 Å². The Morgan fingerprint density at radius 3 is 3.06 bits per heavy atom. The quantitative estimate of drug-likeness (QED) is 0.812. The summed E-state index contributed by atoms with van der Waals surface area (Å²) in [4.78, 5) is 4.55. The fourth-order valence-electron chi connectivity index (χ4n) is 2.54. The average Bonchev–Trinajstić information content (AvgIpc) is 2.96. The topological polar surface area (TPSA) is 60.2 Å². The molecule has 2 aliphatic heterocycles. The lowest BCUT2D eigenvalue weighted by molar-refractivity contribution is 0.104. The molecule has 1 aromatic heterocycles. The van der Waals surface area contributed by atoms with Crippen LogP contribution in [0.4, 0.5) is 0 Å². The number of nitrogens with zero attached hydrogens (tertiary/aromatic N) is 3. The third kappa shape index (κ3) is 1.64. The number of rotatable bonds is 2. The molecule has 1 aromatic rings. The normalized spacial score (nSPS) is 29.3. The van der Waals surface area contributed by atoms with Crippen LogP contribution in [-0.4, -0.2) is 33.1 Å². The fraction of sp³-hybridized carbons (Fsp3) is 0.818. The number of aryl methyl sites for hydroxylation is 1. The molecule has 3 heterocycles. The average molecular weight is 223 g/mol. The van der Waals surface area contributed by atoms with Crippen LogP contribution in [-0.2, 0) is 11.2 Å². The van der Waals surface area contributed by atoms with E-state index in [1.165, 1.54) is 0 Å². The van der Waals surface area contributed by atoms with E-state index in [1.54, 1.807) is 0 Å². The number of fused-ring (bicyclic) bond motifs is 1. The van der Waals surface area contributed by atoms with Crippen molar-refractivity contribution in [3.63, 3.8) is 0 Å². The Balaban J connectivity index is 1.89. The van der Waals surface area contributed by atoms with Gasteiger partial charge in [-0.05, 0) is 25.7 Å². The summed E-state index contributed by atoms with van der Waals surface area (Å²) in [5.74, 6) is 1.82. The molecule has 16 heavy (non-hydrogen) atoms. The first-order chi connectivity index (χ1) is 7.88. The molecular weight excluding hydrogens is 206 g/mol. The Bertz CT molecular complexity index is 371. The van der Waals surface area contributed by atoms with Crippen LogP contribution >= 0.6 is 0 Å². The predicted octanol–water partition coefficient (Wildman–Crippen LogP) is 0.999. The van der Waals surface area contributed by atoms with Crippen molar-refractivity contribution in [2.45, 2.75) is 44.2 Å². The summed E-state index contributed by atoms with van der Waals surface area (Å²) in [6.07, 6.45) is 5.26. The van der Waals surface area contributed by atoms with Crippen molar-refractivity contribution in [3.8, 4) is 0 Å². The van der Waals surface area contributed by atoms with Gasteiger partial charge in [0.05, 0.1) is 12.6 Å². The summed E-state index contributed by atoms with van der Waals surface area (Å²) in [6.45, 7) is 0.972. The van der Waals surface area contributed by atoms with E-state index in [4.69, 9.17) is 4.74 Å². The number of hydrogen-bond acceptors (Lipinski definition) is 4. The highest BCUT2D eigenvalue weighted by atomic mass is 16.5. The van der Waals surface area contributed by atoms with Crippen molar-refractivity contribution in [2.24, 2.45) is 0 Å². The molecule has 5 heteroatoms. The maximum absolute atomic E-state index is 9.29. The first-order valence-corrected chi connectivity index (χ1v) is 6.06. The molecule has 2 unspecified atom stereocenters. The van der Waals surface area contributed by atoms with Gasteiger partial charge in [-0.2, -0.15) is 5.10 Å². The van der Waals surface area contributed by atoms with E-state index < -0.39 is 0 Å². The Morgan fingerprint density at radius 1 is 1.38 bits per heavy atom. The third-order valence-electron chi connectivity index (χ3n) is 3.43. The van der Waals surface area contributed by atoms with E-state index in [1.807, 2.05) is 4.68 Å². The van der Waals surface area contributed by atoms with Gasteiger partial charge in [0.25, 0.3) is 0 Å². The Morgan fingerprint density at radius 2 is 2.31 bits per heavy atom. The molecule has 0 aromatic carbocycles. The smallest absolute Gasteiger partial charge is 0.179 e. The van der Waals surface area contributed by atoms with E-state index in [0.717, 1.165) is 50.4 Å². The lowest BCUT2D eigenvalue weighted by atomic mass is 10.1. The van der Waals surface area contributed by atoms with Gasteiger partial charge in [-0.1, -0.05) is 0 Å². The summed E-state index contributed by atoms with van der Waals surface area (Å²) in [5.41, 5.74) is 0. The van der Waals surface area contributed by atoms with Gasteiger partial charge in [0.1, 0.15) is 11.9 Å². The first-order valence-electron chi connectivity index (χ1n) is 6.06. The van der Waals surface area contributed by atoms with Crippen LogP contribution in [0, 0.1) is 0 Å². The zero-order chi connectivity index (χ0) is 11.0. The van der Waals surface area contributed by atoms with Crippen LogP contribution in [0.3, 0.4) is 0 Å². The molecule has 1 fully saturated rings. The highest BCUT2D eigenvalue weighted by Crippen LogP contribution is 2.29. The zero-order valence-corrected chi connectivity index (χ0v) is 9.30. The molecule has 0 radical (unpaired) electrons. The van der Waals surface area contributed by atoms with Crippen LogP contribution in [0.5, 0.6) is 0 Å². The molecule has 2 atom stereocenters. The second kappa shape index (κ2) is 4.14. The van der Waals surface area contributed by atoms with Gasteiger partial charge in [-0.25, -0.2) is 9.67 Å². The van der Waals surface area contributed by atoms with Crippen molar-refractivity contribution < 1.29 is 9.84 Å². The van der Waals surface area contributed by atoms with E-state index in [2.05, 4.69) is 10.1 Å². The number of aromatic nitrogens is 3. The largest absolute Gasteiger partial charge is 0.394 e. The molecule has 3 rings (SSSR count). The van der Waals surface area contributed by atoms with Crippen LogP contribution in [0.25, 0.3) is 0 Å². The highest BCUT2D eigenvalue weighted by Gasteiger charge is 2.27. The van der Waals surface area contributed by atoms with E-state index in [9.17, 15) is 5.11 Å². The van der Waals surface area contributed by atoms with Crippen LogP contribution < -0.4 is 0 Å². The monoisotopic (exact) mass is 223 g/mol. The van der Waals surface area contributed by atoms with Gasteiger partial charge < -0.3 is 9.84 Å². The predicted molar refractivity (Wildman–Crippen MR) is 57.0 cm³/mol. The van der Waals surface area contributed by atoms with Crippen LogP contribution in [0.2, 0.25) is 0 Å². The van der Waals surface area contributed by atoms with Gasteiger partial charge in [0.2, 0.25) is 0 Å². The van der Waals surface area contributed by atoms with Crippen molar-refractivity contribution in [2.75, 3.05) is 13.2 Å². The minimum Gasteiger partial charge on any atom is -0.394 e. The molecular formula is C11H17N3O2. The van der Waals surface area contributed by atoms with Crippen molar-refractivity contribution in [1.82, 2.24) is 14.8 Å². The summed E-state index contributed by atoms with van der Waals surface area (Å²) in [5, 5.41) is 13.8. The molecule has 0 bridgehead atoms. The standard InChI is InChI=1S/C11H17N3O2/c15-7-8-3-1-5-10-12-11(13-14(8)10)9-4-2-6-16-9/h8-9,15H,1-7H2. The maximum atomic E-state index is 9.29. The first kappa shape index (κ1) is 10.2. The molecule has 0 aliphatic carbocycles. The van der Waals surface area contributed by atoms with Gasteiger partial charge in [-0.15, -0.1) is 0 Å². The fourth-order valence-corrected chi connectivity index (χ4v) is 2.54. The molecule has 1 saturated heterocycles. The lowest BCUT2D eigenvalue weighted by Gasteiger charge is -2.20. The molecule has 88 valence electrons. The lowest BCUT2D eigenvalue weighted by Crippen LogP contribution is -2.22. The molecule has 0 spiro atoms. The van der Waals surface area contributed by atoms with Gasteiger partial charge in [0, 0.05) is 13.0 Å². The Labute approximate surface area is 94.4 Å². The van der Waals surface area contributed by atoms with Crippen molar-refractivity contribution in [1.29, 1.82) is 0 Å². The molecule has 0 saturated carbocycles. The summed E-state index contributed by atoms with van der Waals surface area (Å²) in [7, 11) is 0. The number of hydrogen-bond donors (Lipinski definition) is 1. The number of ether oxygens (including phenoxy) is 1. The summed E-state index contributed by atoms with van der Waals surface area (Å²) in [6, 6.07) is 0.117. The van der Waals surface area contributed by atoms with Crippen molar-refractivity contribution in [3.05, 3.63) is 11.6 Å². The van der Waals surface area contributed by atoms with Crippen LogP contribution in [0.15, 0.2) is 0 Å². The van der Waals surface area contributed by atoms with Crippen molar-refractivity contribution >= 4 is 0 Å². The minimum atomic E-state index is 0.0810. The van der Waals surface area contributed by atoms with Gasteiger partial charge in [-0.3, -0.25) is 0 Å². The number of aliphatic hydroxyl groups excluding tert-OH is 1. The zero-order valence-electron chi connectivity index (χ0n) is 9.30. The molecule has 5 nitrogen and oxygen atoms in total.